The number of unbranched alkanes of at least 4 members (excludes halogenated alkanes) is 1. The fourth-order valence-electron chi connectivity index (χ4n) is 3.80. The summed E-state index contributed by atoms with van der Waals surface area (Å²) in [6.45, 7) is 14.2. The van der Waals surface area contributed by atoms with Crippen LogP contribution in [0, 0.1) is 17.2 Å². The first kappa shape index (κ1) is 29.9. The molecule has 1 aromatic carbocycles. The molecule has 6 nitrogen and oxygen atoms in total. The summed E-state index contributed by atoms with van der Waals surface area (Å²) in [7, 11) is -3.27. The van der Waals surface area contributed by atoms with Crippen LogP contribution in [0.15, 0.2) is 35.4 Å². The number of rotatable bonds is 9. The number of thiazole rings is 1. The summed E-state index contributed by atoms with van der Waals surface area (Å²) < 4.78 is 24.5. The van der Waals surface area contributed by atoms with Gasteiger partial charge in [-0.3, -0.25) is 0 Å². The number of hydrogen-bond acceptors (Lipinski definition) is 7. The Morgan fingerprint density at radius 2 is 1.83 bits per heavy atom. The molecule has 3 rings (SSSR count). The van der Waals surface area contributed by atoms with Crippen LogP contribution in [0.4, 0.5) is 5.13 Å². The van der Waals surface area contributed by atoms with Gasteiger partial charge in [-0.1, -0.05) is 77.4 Å². The van der Waals surface area contributed by atoms with Gasteiger partial charge in [-0.05, 0) is 36.5 Å². The van der Waals surface area contributed by atoms with Crippen molar-refractivity contribution in [3.8, 4) is 6.07 Å². The van der Waals surface area contributed by atoms with Gasteiger partial charge in [0.1, 0.15) is 10.9 Å². The minimum absolute atomic E-state index is 0.371. The predicted molar refractivity (Wildman–Crippen MR) is 152 cm³/mol. The molecule has 0 saturated carbocycles. The minimum atomic E-state index is -3.27. The summed E-state index contributed by atoms with van der Waals surface area (Å²) in [5.74, 6) is 0.884. The van der Waals surface area contributed by atoms with Crippen LogP contribution in [0.5, 0.6) is 0 Å². The van der Waals surface area contributed by atoms with Gasteiger partial charge in [-0.2, -0.15) is 5.26 Å². The number of piperazine rings is 1. The van der Waals surface area contributed by atoms with Crippen molar-refractivity contribution in [3.05, 3.63) is 46.5 Å². The number of nitrogens with zero attached hydrogens (tertiary/aromatic N) is 4. The van der Waals surface area contributed by atoms with Gasteiger partial charge < -0.3 is 9.80 Å². The lowest BCUT2D eigenvalue weighted by Gasteiger charge is -2.38. The van der Waals surface area contributed by atoms with Gasteiger partial charge >= 0.3 is 0 Å². The number of sulfone groups is 1. The monoisotopic (exact) mass is 530 g/mol. The molecule has 0 unspecified atom stereocenters. The fraction of sp³-hybridized carbons (Fsp3) is 0.571. The highest BCUT2D eigenvalue weighted by Gasteiger charge is 2.24. The largest absolute Gasteiger partial charge is 0.368 e. The zero-order valence-corrected chi connectivity index (χ0v) is 24.4. The summed E-state index contributed by atoms with van der Waals surface area (Å²) in [6.07, 6.45) is 10.4. The topological polar surface area (TPSA) is 77.3 Å². The van der Waals surface area contributed by atoms with E-state index in [4.69, 9.17) is 5.26 Å². The molecule has 1 saturated heterocycles. The molecule has 1 fully saturated rings. The van der Waals surface area contributed by atoms with Crippen molar-refractivity contribution in [2.24, 2.45) is 5.92 Å². The van der Waals surface area contributed by atoms with Gasteiger partial charge in [0.2, 0.25) is 0 Å². The van der Waals surface area contributed by atoms with Crippen LogP contribution in [0.2, 0.25) is 0 Å². The molecule has 1 aliphatic rings. The Balaban J connectivity index is 0.000000830. The summed E-state index contributed by atoms with van der Waals surface area (Å²) >= 11 is 1.43. The lowest BCUT2D eigenvalue weighted by molar-refractivity contribution is 0.366. The van der Waals surface area contributed by atoms with Crippen molar-refractivity contribution < 1.29 is 8.42 Å². The zero-order valence-electron chi connectivity index (χ0n) is 22.7. The van der Waals surface area contributed by atoms with E-state index in [0.29, 0.717) is 9.77 Å². The number of hydrogen-bond donors (Lipinski definition) is 0. The molecule has 8 heteroatoms. The first-order valence-electron chi connectivity index (χ1n) is 13.0. The fourth-order valence-corrected chi connectivity index (χ4v) is 5.22. The summed E-state index contributed by atoms with van der Waals surface area (Å²) in [6, 6.07) is 7.72. The summed E-state index contributed by atoms with van der Waals surface area (Å²) in [5, 5.41) is 9.96. The van der Waals surface area contributed by atoms with Crippen LogP contribution in [-0.2, 0) is 16.3 Å². The molecule has 0 amide bonds. The molecule has 0 aliphatic carbocycles. The molecule has 2 aromatic rings. The number of allylic oxidation sites excluding steroid dienone is 1. The molecule has 1 aromatic heterocycles. The molecular weight excluding hydrogens is 488 g/mol. The van der Waals surface area contributed by atoms with Gasteiger partial charge in [-0.25, -0.2) is 13.4 Å². The Morgan fingerprint density at radius 3 is 2.33 bits per heavy atom. The maximum absolute atomic E-state index is 12.2. The summed E-state index contributed by atoms with van der Waals surface area (Å²) in [5.41, 5.74) is 3.36. The van der Waals surface area contributed by atoms with Crippen LogP contribution in [0.25, 0.3) is 5.70 Å². The van der Waals surface area contributed by atoms with Crippen LogP contribution < -0.4 is 4.90 Å². The van der Waals surface area contributed by atoms with E-state index in [1.54, 1.807) is 12.3 Å². The third-order valence-electron chi connectivity index (χ3n) is 6.24. The number of anilines is 1. The zero-order chi connectivity index (χ0) is 26.7. The van der Waals surface area contributed by atoms with Crippen LogP contribution >= 0.6 is 11.3 Å². The second-order valence-electron chi connectivity index (χ2n) is 9.61. The van der Waals surface area contributed by atoms with Crippen molar-refractivity contribution in [1.82, 2.24) is 9.88 Å². The third-order valence-corrected chi connectivity index (χ3v) is 8.32. The second kappa shape index (κ2) is 14.4. The van der Waals surface area contributed by atoms with Crippen LogP contribution in [0.3, 0.4) is 0 Å². The average molecular weight is 531 g/mol. The summed E-state index contributed by atoms with van der Waals surface area (Å²) in [4.78, 5) is 9.97. The van der Waals surface area contributed by atoms with E-state index in [9.17, 15) is 8.42 Å². The second-order valence-corrected chi connectivity index (χ2v) is 12.6. The van der Waals surface area contributed by atoms with E-state index >= 15 is 0 Å². The van der Waals surface area contributed by atoms with E-state index in [1.807, 2.05) is 12.1 Å². The molecule has 1 aliphatic heterocycles. The van der Waals surface area contributed by atoms with Crippen molar-refractivity contribution in [3.63, 3.8) is 0 Å². The average Bonchev–Trinajstić information content (AvgIpc) is 3.35. The lowest BCUT2D eigenvalue weighted by atomic mass is 9.98. The molecule has 0 spiro atoms. The highest BCUT2D eigenvalue weighted by atomic mass is 32.2. The van der Waals surface area contributed by atoms with Crippen molar-refractivity contribution in [1.29, 1.82) is 5.26 Å². The Morgan fingerprint density at radius 1 is 1.17 bits per heavy atom. The third kappa shape index (κ3) is 8.63. The highest BCUT2D eigenvalue weighted by Crippen LogP contribution is 2.30. The van der Waals surface area contributed by atoms with Gasteiger partial charge in [0.05, 0.1) is 11.1 Å². The number of aryl methyl sites for hydroxylation is 1. The van der Waals surface area contributed by atoms with Crippen molar-refractivity contribution in [2.75, 3.05) is 37.3 Å². The van der Waals surface area contributed by atoms with E-state index < -0.39 is 9.84 Å². The van der Waals surface area contributed by atoms with E-state index in [0.717, 1.165) is 74.2 Å². The van der Waals surface area contributed by atoms with Crippen molar-refractivity contribution >= 4 is 32.0 Å². The van der Waals surface area contributed by atoms with Crippen LogP contribution in [0.1, 0.15) is 76.3 Å². The van der Waals surface area contributed by atoms with Gasteiger partial charge in [0.25, 0.3) is 0 Å². The maximum atomic E-state index is 12.2. The van der Waals surface area contributed by atoms with Crippen molar-refractivity contribution in [2.45, 2.75) is 71.6 Å². The highest BCUT2D eigenvalue weighted by molar-refractivity contribution is 7.90. The van der Waals surface area contributed by atoms with Crippen LogP contribution in [-0.4, -0.2) is 50.7 Å². The Hall–Kier alpha value is -2.37. The molecular formula is C28H42N4O2S2. The molecule has 2 heterocycles. The molecule has 0 bridgehead atoms. The first-order chi connectivity index (χ1) is 17.1. The lowest BCUT2D eigenvalue weighted by Crippen LogP contribution is -2.45. The molecule has 0 atom stereocenters. The minimum Gasteiger partial charge on any atom is -0.368 e. The maximum Gasteiger partial charge on any atom is 0.186 e. The van der Waals surface area contributed by atoms with E-state index in [2.05, 4.69) is 61.5 Å². The molecule has 198 valence electrons. The van der Waals surface area contributed by atoms with Gasteiger partial charge in [-0.15, -0.1) is 0 Å². The number of nitriles is 1. The smallest absolute Gasteiger partial charge is 0.186 e. The van der Waals surface area contributed by atoms with E-state index in [-0.39, 0.29) is 0 Å². The standard InChI is InChI=1S/C23H30N4O2S2.C5H12/c1-4-6-8-22(21-15-20(31(3,28)29)10-9-18(21)7-5-2)26-11-13-27(14-12-26)23-25-17-19(16-24)30-23;1-4-5(2)3/h8-10,15,17H,4-7,11-14H2,1-3H3;5H,4H2,1-3H3/b22-8-;. The molecule has 0 N–H and O–H groups in total. The number of benzene rings is 1. The molecule has 36 heavy (non-hydrogen) atoms. The van der Waals surface area contributed by atoms with Gasteiger partial charge in [0, 0.05) is 43.7 Å². The van der Waals surface area contributed by atoms with Gasteiger partial charge in [0.15, 0.2) is 15.0 Å². The molecule has 0 radical (unpaired) electrons. The van der Waals surface area contributed by atoms with E-state index in [1.165, 1.54) is 29.6 Å². The SMILES string of the molecule is CCC(C)C.CCC/C=C(/c1cc(S(C)(=O)=O)ccc1CCC)N1CCN(c2ncc(C#N)s2)CC1. The Kier molecular flexibility index (Phi) is 11.9. The normalized spacial score (nSPS) is 14.4. The predicted octanol–water partition coefficient (Wildman–Crippen LogP) is 6.39. The number of aromatic nitrogens is 1. The quantitative estimate of drug-likeness (QED) is 0.374. The Labute approximate surface area is 222 Å². The first-order valence-corrected chi connectivity index (χ1v) is 15.7. The Bertz CT molecular complexity index is 1140.